The van der Waals surface area contributed by atoms with Crippen molar-refractivity contribution < 1.29 is 9.53 Å². The van der Waals surface area contributed by atoms with Crippen LogP contribution in [0.1, 0.15) is 42.1 Å². The Morgan fingerprint density at radius 1 is 1.24 bits per heavy atom. The molecule has 0 bridgehead atoms. The van der Waals surface area contributed by atoms with E-state index in [1.54, 1.807) is 22.8 Å². The number of ether oxygens (including phenoxy) is 1. The Morgan fingerprint density at radius 2 is 2.03 bits per heavy atom. The number of thiophene rings is 2. The van der Waals surface area contributed by atoms with Crippen molar-refractivity contribution >= 4 is 46.1 Å². The summed E-state index contributed by atoms with van der Waals surface area (Å²) in [5.74, 6) is -0.428. The minimum absolute atomic E-state index is 0.137. The fourth-order valence-electron chi connectivity index (χ4n) is 3.23. The molecule has 1 atom stereocenters. The zero-order chi connectivity index (χ0) is 20.7. The van der Waals surface area contributed by atoms with Crippen molar-refractivity contribution in [3.05, 3.63) is 75.2 Å². The second-order valence-electron chi connectivity index (χ2n) is 7.02. The minimum atomic E-state index is -0.524. The van der Waals surface area contributed by atoms with Crippen LogP contribution in [0.4, 0.5) is 0 Å². The van der Waals surface area contributed by atoms with Gasteiger partial charge in [0.15, 0.2) is 4.80 Å². The number of aryl methyl sites for hydroxylation is 1. The molecule has 4 rings (SSSR count). The zero-order valence-electron chi connectivity index (χ0n) is 16.5. The first-order valence-electron chi connectivity index (χ1n) is 9.18. The van der Waals surface area contributed by atoms with Crippen LogP contribution >= 0.6 is 34.0 Å². The number of thiazole rings is 1. The molecule has 0 N–H and O–H groups in total. The van der Waals surface area contributed by atoms with E-state index in [1.165, 1.54) is 22.7 Å². The van der Waals surface area contributed by atoms with E-state index in [-0.39, 0.29) is 11.7 Å². The lowest BCUT2D eigenvalue weighted by Crippen LogP contribution is -2.39. The minimum Gasteiger partial charge on any atom is -0.459 e. The molecule has 0 saturated heterocycles. The van der Waals surface area contributed by atoms with Crippen molar-refractivity contribution in [1.82, 2.24) is 4.57 Å². The van der Waals surface area contributed by atoms with Crippen molar-refractivity contribution in [2.45, 2.75) is 39.8 Å². The fraction of sp³-hybridized carbons (Fsp3) is 0.286. The molecule has 0 aromatic carbocycles. The molecular weight excluding hydrogens is 424 g/mol. The van der Waals surface area contributed by atoms with Gasteiger partial charge < -0.3 is 4.74 Å². The van der Waals surface area contributed by atoms with Crippen molar-refractivity contribution in [2.75, 3.05) is 0 Å². The van der Waals surface area contributed by atoms with Crippen LogP contribution in [0.5, 0.6) is 0 Å². The largest absolute Gasteiger partial charge is 0.459 e. The van der Waals surface area contributed by atoms with Crippen LogP contribution in [0, 0.1) is 6.92 Å². The van der Waals surface area contributed by atoms with Gasteiger partial charge in [-0.05, 0) is 62.2 Å². The van der Waals surface area contributed by atoms with Crippen LogP contribution in [0.3, 0.4) is 0 Å². The summed E-state index contributed by atoms with van der Waals surface area (Å²) in [4.78, 5) is 33.4. The van der Waals surface area contributed by atoms with Gasteiger partial charge in [-0.25, -0.2) is 9.79 Å². The number of aromatic nitrogens is 1. The standard InChI is InChI=1S/C21H20N2O3S3/c1-11(2)26-20(25)17-13(4)22-21-23(18(17)14-6-5-8-27-14)19(24)16(29-21)10-15-12(3)7-9-28-15/h5-11,18H,1-4H3/b16-10+. The first kappa shape index (κ1) is 20.0. The highest BCUT2D eigenvalue weighted by Gasteiger charge is 2.34. The van der Waals surface area contributed by atoms with Crippen LogP contribution in [-0.2, 0) is 9.53 Å². The van der Waals surface area contributed by atoms with Gasteiger partial charge in [-0.1, -0.05) is 17.4 Å². The molecule has 0 aliphatic carbocycles. The van der Waals surface area contributed by atoms with E-state index in [2.05, 4.69) is 4.99 Å². The molecular formula is C21H20N2O3S3. The highest BCUT2D eigenvalue weighted by atomic mass is 32.1. The fourth-order valence-corrected chi connectivity index (χ4v) is 6.01. The molecule has 8 heteroatoms. The molecule has 3 aromatic rings. The van der Waals surface area contributed by atoms with Gasteiger partial charge in [0, 0.05) is 9.75 Å². The Morgan fingerprint density at radius 3 is 2.66 bits per heavy atom. The predicted octanol–water partition coefficient (Wildman–Crippen LogP) is 3.62. The van der Waals surface area contributed by atoms with E-state index in [4.69, 9.17) is 4.74 Å². The smallest absolute Gasteiger partial charge is 0.338 e. The van der Waals surface area contributed by atoms with Gasteiger partial charge in [-0.3, -0.25) is 9.36 Å². The van der Waals surface area contributed by atoms with Crippen molar-refractivity contribution in [3.63, 3.8) is 0 Å². The van der Waals surface area contributed by atoms with Crippen LogP contribution in [0.15, 0.2) is 50.0 Å². The Balaban J connectivity index is 1.94. The lowest BCUT2D eigenvalue weighted by Gasteiger charge is -2.24. The van der Waals surface area contributed by atoms with Gasteiger partial charge in [-0.2, -0.15) is 0 Å². The first-order chi connectivity index (χ1) is 13.9. The predicted molar refractivity (Wildman–Crippen MR) is 118 cm³/mol. The average molecular weight is 445 g/mol. The molecule has 0 spiro atoms. The van der Waals surface area contributed by atoms with Crippen molar-refractivity contribution in [2.24, 2.45) is 4.99 Å². The molecule has 29 heavy (non-hydrogen) atoms. The third-order valence-corrected chi connectivity index (χ3v) is 7.43. The topological polar surface area (TPSA) is 60.7 Å². The molecule has 150 valence electrons. The summed E-state index contributed by atoms with van der Waals surface area (Å²) < 4.78 is 7.73. The monoisotopic (exact) mass is 444 g/mol. The SMILES string of the molecule is CC1=C(C(=O)OC(C)C)C(c2cccs2)n2c(s/c(=C/c3sccc3C)c2=O)=N1. The number of fused-ring (bicyclic) bond motifs is 1. The molecule has 1 aliphatic heterocycles. The number of rotatable bonds is 4. The van der Waals surface area contributed by atoms with Gasteiger partial charge in [0.1, 0.15) is 6.04 Å². The highest BCUT2D eigenvalue weighted by Crippen LogP contribution is 2.33. The van der Waals surface area contributed by atoms with Crippen LogP contribution in [0.25, 0.3) is 6.08 Å². The van der Waals surface area contributed by atoms with E-state index < -0.39 is 12.0 Å². The number of hydrogen-bond acceptors (Lipinski definition) is 7. The zero-order valence-corrected chi connectivity index (χ0v) is 18.9. The Hall–Kier alpha value is -2.29. The van der Waals surface area contributed by atoms with Crippen LogP contribution < -0.4 is 14.9 Å². The Bertz CT molecular complexity index is 1270. The summed E-state index contributed by atoms with van der Waals surface area (Å²) in [6.07, 6.45) is 1.67. The maximum Gasteiger partial charge on any atom is 0.338 e. The van der Waals surface area contributed by atoms with Gasteiger partial charge in [0.25, 0.3) is 5.56 Å². The first-order valence-corrected chi connectivity index (χ1v) is 11.8. The molecule has 3 aromatic heterocycles. The number of esters is 1. The quantitative estimate of drug-likeness (QED) is 0.578. The number of hydrogen-bond donors (Lipinski definition) is 0. The summed E-state index contributed by atoms with van der Waals surface area (Å²) in [5.41, 5.74) is 2.01. The van der Waals surface area contributed by atoms with Gasteiger partial charge in [-0.15, -0.1) is 22.7 Å². The lowest BCUT2D eigenvalue weighted by molar-refractivity contribution is -0.143. The summed E-state index contributed by atoms with van der Waals surface area (Å²) >= 11 is 4.47. The van der Waals surface area contributed by atoms with E-state index in [0.29, 0.717) is 20.6 Å². The van der Waals surface area contributed by atoms with Crippen molar-refractivity contribution in [3.8, 4) is 0 Å². The number of nitrogens with zero attached hydrogens (tertiary/aromatic N) is 2. The van der Waals surface area contributed by atoms with Crippen LogP contribution in [-0.4, -0.2) is 16.6 Å². The third-order valence-electron chi connectivity index (χ3n) is 4.56. The average Bonchev–Trinajstić information content (AvgIpc) is 3.37. The molecule has 0 saturated carbocycles. The molecule has 1 aliphatic rings. The van der Waals surface area contributed by atoms with E-state index in [1.807, 2.05) is 55.8 Å². The van der Waals surface area contributed by atoms with Crippen LogP contribution in [0.2, 0.25) is 0 Å². The van der Waals surface area contributed by atoms with Gasteiger partial charge in [0.2, 0.25) is 0 Å². The maximum absolute atomic E-state index is 13.4. The summed E-state index contributed by atoms with van der Waals surface area (Å²) in [6, 6.07) is 5.37. The third kappa shape index (κ3) is 3.68. The second-order valence-corrected chi connectivity index (χ2v) is 9.96. The number of allylic oxidation sites excluding steroid dienone is 1. The van der Waals surface area contributed by atoms with E-state index in [9.17, 15) is 9.59 Å². The lowest BCUT2D eigenvalue weighted by atomic mass is 10.0. The summed E-state index contributed by atoms with van der Waals surface area (Å²) in [5, 5.41) is 3.96. The Labute approximate surface area is 179 Å². The highest BCUT2D eigenvalue weighted by molar-refractivity contribution is 7.11. The molecule has 5 nitrogen and oxygen atoms in total. The van der Waals surface area contributed by atoms with Gasteiger partial charge in [0.05, 0.1) is 21.9 Å². The molecule has 4 heterocycles. The van der Waals surface area contributed by atoms with E-state index >= 15 is 0 Å². The summed E-state index contributed by atoms with van der Waals surface area (Å²) in [6.45, 7) is 7.45. The van der Waals surface area contributed by atoms with Gasteiger partial charge >= 0.3 is 5.97 Å². The number of carbonyl (C=O) groups excluding carboxylic acids is 1. The molecule has 0 fully saturated rings. The summed E-state index contributed by atoms with van der Waals surface area (Å²) in [7, 11) is 0. The molecule has 1 unspecified atom stereocenters. The van der Waals surface area contributed by atoms with E-state index in [0.717, 1.165) is 15.3 Å². The Kier molecular flexibility index (Phi) is 5.42. The van der Waals surface area contributed by atoms with Crippen molar-refractivity contribution in [1.29, 1.82) is 0 Å². The molecule has 0 radical (unpaired) electrons. The molecule has 0 amide bonds. The number of carbonyl (C=O) groups is 1. The normalized spacial score (nSPS) is 16.9. The maximum atomic E-state index is 13.4. The second kappa shape index (κ2) is 7.85.